The van der Waals surface area contributed by atoms with Gasteiger partial charge in [-0.15, -0.1) is 11.3 Å². The molecule has 1 aromatic heterocycles. The highest BCUT2D eigenvalue weighted by molar-refractivity contribution is 7.15. The van der Waals surface area contributed by atoms with Crippen LogP contribution in [-0.4, -0.2) is 68.2 Å². The third-order valence-electron chi connectivity index (χ3n) is 5.62. The van der Waals surface area contributed by atoms with Crippen LogP contribution in [0.4, 0.5) is 5.00 Å². The van der Waals surface area contributed by atoms with Crippen LogP contribution < -0.4 is 10.6 Å². The number of piperidine rings is 1. The van der Waals surface area contributed by atoms with E-state index in [0.29, 0.717) is 42.7 Å². The van der Waals surface area contributed by atoms with Gasteiger partial charge in [-0.25, -0.2) is 4.79 Å². The highest BCUT2D eigenvalue weighted by atomic mass is 32.1. The lowest BCUT2D eigenvalue weighted by atomic mass is 9.96. The molecule has 2 rings (SSSR count). The lowest BCUT2D eigenvalue weighted by Crippen LogP contribution is -2.43. The van der Waals surface area contributed by atoms with Crippen molar-refractivity contribution in [2.45, 2.75) is 66.4 Å². The summed E-state index contributed by atoms with van der Waals surface area (Å²) in [6, 6.07) is 0. The number of likely N-dealkylation sites (tertiary alicyclic amines) is 1. The van der Waals surface area contributed by atoms with Gasteiger partial charge >= 0.3 is 5.97 Å². The molecule has 2 amide bonds. The topological polar surface area (TPSA) is 97.0 Å². The second-order valence-electron chi connectivity index (χ2n) is 9.45. The Morgan fingerprint density at radius 2 is 1.88 bits per heavy atom. The first-order valence-corrected chi connectivity index (χ1v) is 13.3. The Kier molecular flexibility index (Phi) is 12.0. The van der Waals surface area contributed by atoms with Crippen molar-refractivity contribution >= 4 is 34.1 Å². The van der Waals surface area contributed by atoms with Crippen LogP contribution in [0.15, 0.2) is 5.38 Å². The number of amides is 2. The molecule has 2 heterocycles. The average molecular weight is 496 g/mol. The number of carbonyl (C=O) groups is 3. The molecular formula is C25H41N3O5S. The third-order valence-corrected chi connectivity index (χ3v) is 6.57. The van der Waals surface area contributed by atoms with Crippen molar-refractivity contribution in [3.05, 3.63) is 16.5 Å². The number of anilines is 1. The Balaban J connectivity index is 1.81. The van der Waals surface area contributed by atoms with E-state index in [-0.39, 0.29) is 37.0 Å². The van der Waals surface area contributed by atoms with Crippen molar-refractivity contribution in [3.63, 3.8) is 0 Å². The first-order chi connectivity index (χ1) is 16.2. The zero-order valence-electron chi connectivity index (χ0n) is 21.3. The van der Waals surface area contributed by atoms with Gasteiger partial charge in [-0.3, -0.25) is 14.5 Å². The molecule has 192 valence electrons. The van der Waals surface area contributed by atoms with Crippen molar-refractivity contribution < 1.29 is 23.9 Å². The van der Waals surface area contributed by atoms with Crippen LogP contribution in [0.5, 0.6) is 0 Å². The molecule has 0 atom stereocenters. The molecule has 1 aliphatic heterocycles. The summed E-state index contributed by atoms with van der Waals surface area (Å²) in [5.41, 5.74) is 1.39. The zero-order valence-corrected chi connectivity index (χ0v) is 22.1. The molecule has 0 unspecified atom stereocenters. The van der Waals surface area contributed by atoms with Crippen molar-refractivity contribution in [3.8, 4) is 0 Å². The van der Waals surface area contributed by atoms with E-state index in [1.54, 1.807) is 6.92 Å². The van der Waals surface area contributed by atoms with E-state index in [2.05, 4.69) is 29.4 Å². The summed E-state index contributed by atoms with van der Waals surface area (Å²) < 4.78 is 10.7. The van der Waals surface area contributed by atoms with Crippen molar-refractivity contribution in [1.82, 2.24) is 10.2 Å². The average Bonchev–Trinajstić information content (AvgIpc) is 3.14. The van der Waals surface area contributed by atoms with E-state index >= 15 is 0 Å². The van der Waals surface area contributed by atoms with Crippen LogP contribution >= 0.6 is 11.3 Å². The standard InChI is InChI=1S/C25H41N3O5S/c1-6-32-25(31)22-20(14-17(2)3)16-34-24(22)27-21(29)15-28-11-8-19(9-12-28)23(30)26-10-7-13-33-18(4)5/h16-19H,6-15H2,1-5H3,(H,26,30)(H,27,29). The summed E-state index contributed by atoms with van der Waals surface area (Å²) in [5, 5.41) is 8.40. The fraction of sp³-hybridized carbons (Fsp3) is 0.720. The number of rotatable bonds is 13. The van der Waals surface area contributed by atoms with Gasteiger partial charge in [0.15, 0.2) is 0 Å². The maximum Gasteiger partial charge on any atom is 0.341 e. The van der Waals surface area contributed by atoms with Crippen LogP contribution in [0.3, 0.4) is 0 Å². The van der Waals surface area contributed by atoms with E-state index in [9.17, 15) is 14.4 Å². The summed E-state index contributed by atoms with van der Waals surface area (Å²) in [6.45, 7) is 13.1. The van der Waals surface area contributed by atoms with E-state index in [0.717, 1.165) is 31.2 Å². The summed E-state index contributed by atoms with van der Waals surface area (Å²) >= 11 is 1.37. The second-order valence-corrected chi connectivity index (χ2v) is 10.3. The lowest BCUT2D eigenvalue weighted by molar-refractivity contribution is -0.126. The lowest BCUT2D eigenvalue weighted by Gasteiger charge is -2.30. The number of nitrogens with one attached hydrogen (secondary N) is 2. The molecular weight excluding hydrogens is 454 g/mol. The van der Waals surface area contributed by atoms with E-state index in [1.807, 2.05) is 19.2 Å². The minimum Gasteiger partial charge on any atom is -0.462 e. The minimum atomic E-state index is -0.391. The number of nitrogens with zero attached hydrogens (tertiary/aromatic N) is 1. The molecule has 0 radical (unpaired) electrons. The molecule has 9 heteroatoms. The summed E-state index contributed by atoms with van der Waals surface area (Å²) in [4.78, 5) is 39.7. The normalized spacial score (nSPS) is 15.0. The number of thiophene rings is 1. The summed E-state index contributed by atoms with van der Waals surface area (Å²) in [5.74, 6) is -0.0901. The first kappa shape index (κ1) is 28.3. The van der Waals surface area contributed by atoms with Gasteiger partial charge in [0.25, 0.3) is 0 Å². The molecule has 1 aromatic rings. The molecule has 0 bridgehead atoms. The van der Waals surface area contributed by atoms with E-state index in [4.69, 9.17) is 9.47 Å². The zero-order chi connectivity index (χ0) is 25.1. The van der Waals surface area contributed by atoms with Gasteiger partial charge in [-0.1, -0.05) is 13.8 Å². The smallest absolute Gasteiger partial charge is 0.341 e. The van der Waals surface area contributed by atoms with Crippen LogP contribution in [0.25, 0.3) is 0 Å². The predicted molar refractivity (Wildman–Crippen MR) is 135 cm³/mol. The van der Waals surface area contributed by atoms with Gasteiger partial charge < -0.3 is 20.1 Å². The molecule has 34 heavy (non-hydrogen) atoms. The number of hydrogen-bond donors (Lipinski definition) is 2. The second kappa shape index (κ2) is 14.4. The molecule has 1 fully saturated rings. The van der Waals surface area contributed by atoms with Crippen LogP contribution in [0, 0.1) is 11.8 Å². The highest BCUT2D eigenvalue weighted by Gasteiger charge is 2.27. The van der Waals surface area contributed by atoms with Gasteiger partial charge in [0.2, 0.25) is 11.8 Å². The van der Waals surface area contributed by atoms with Gasteiger partial charge in [0, 0.05) is 19.1 Å². The van der Waals surface area contributed by atoms with Crippen molar-refractivity contribution in [2.75, 3.05) is 44.7 Å². The summed E-state index contributed by atoms with van der Waals surface area (Å²) in [7, 11) is 0. The molecule has 0 aromatic carbocycles. The molecule has 0 saturated carbocycles. The SMILES string of the molecule is CCOC(=O)c1c(CC(C)C)csc1NC(=O)CN1CCC(C(=O)NCCCOC(C)C)CC1. The molecule has 2 N–H and O–H groups in total. The molecule has 1 saturated heterocycles. The number of esters is 1. The number of carbonyl (C=O) groups excluding carboxylic acids is 3. The van der Waals surface area contributed by atoms with Gasteiger partial charge in [0.05, 0.1) is 24.8 Å². The highest BCUT2D eigenvalue weighted by Crippen LogP contribution is 2.31. The fourth-order valence-corrected chi connectivity index (χ4v) is 4.95. The van der Waals surface area contributed by atoms with E-state index in [1.165, 1.54) is 11.3 Å². The Hall–Kier alpha value is -1.97. The first-order valence-electron chi connectivity index (χ1n) is 12.4. The van der Waals surface area contributed by atoms with Crippen LogP contribution in [0.1, 0.15) is 69.8 Å². The maximum atomic E-state index is 12.7. The van der Waals surface area contributed by atoms with Crippen molar-refractivity contribution in [2.24, 2.45) is 11.8 Å². The number of ether oxygens (including phenoxy) is 2. The summed E-state index contributed by atoms with van der Waals surface area (Å²) in [6.07, 6.45) is 3.22. The molecule has 0 aliphatic carbocycles. The monoisotopic (exact) mass is 495 g/mol. The predicted octanol–water partition coefficient (Wildman–Crippen LogP) is 3.71. The van der Waals surface area contributed by atoms with Gasteiger partial charge in [0.1, 0.15) is 5.00 Å². The van der Waals surface area contributed by atoms with Gasteiger partial charge in [-0.05, 0) is 76.4 Å². The van der Waals surface area contributed by atoms with Crippen LogP contribution in [-0.2, 0) is 25.5 Å². The van der Waals surface area contributed by atoms with E-state index < -0.39 is 5.97 Å². The molecule has 1 aliphatic rings. The Morgan fingerprint density at radius 1 is 1.18 bits per heavy atom. The van der Waals surface area contributed by atoms with Crippen molar-refractivity contribution in [1.29, 1.82) is 0 Å². The molecule has 0 spiro atoms. The Labute approximate surface area is 207 Å². The van der Waals surface area contributed by atoms with Crippen LogP contribution in [0.2, 0.25) is 0 Å². The van der Waals surface area contributed by atoms with Gasteiger partial charge in [-0.2, -0.15) is 0 Å². The quantitative estimate of drug-likeness (QED) is 0.320. The third kappa shape index (κ3) is 9.35. The fourth-order valence-electron chi connectivity index (χ4n) is 3.97. The molecule has 8 nitrogen and oxygen atoms in total. The Bertz CT molecular complexity index is 800. The largest absolute Gasteiger partial charge is 0.462 e. The minimum absolute atomic E-state index is 0.0170. The maximum absolute atomic E-state index is 12.7. The Morgan fingerprint density at radius 3 is 2.50 bits per heavy atom. The number of hydrogen-bond acceptors (Lipinski definition) is 7.